The standard InChI is InChI=1S/C14H30N2O2S/c1-5-15-13(4)14-8-6-7-10-16(14)19(17,18)11-9-12(2)3/h12-15H,5-11H2,1-4H3. The van der Waals surface area contributed by atoms with Crippen molar-refractivity contribution in [3.8, 4) is 0 Å². The summed E-state index contributed by atoms with van der Waals surface area (Å²) in [5.41, 5.74) is 0. The Labute approximate surface area is 119 Å². The zero-order valence-corrected chi connectivity index (χ0v) is 13.7. The molecule has 0 aromatic heterocycles. The molecule has 1 N–H and O–H groups in total. The smallest absolute Gasteiger partial charge is 0.214 e. The Kier molecular flexibility index (Phi) is 6.77. The van der Waals surface area contributed by atoms with Crippen LogP contribution in [0.5, 0.6) is 0 Å². The number of sulfonamides is 1. The molecule has 0 aromatic rings. The highest BCUT2D eigenvalue weighted by Gasteiger charge is 2.34. The van der Waals surface area contributed by atoms with Gasteiger partial charge in [0, 0.05) is 18.6 Å². The molecule has 0 saturated carbocycles. The molecule has 1 heterocycles. The lowest BCUT2D eigenvalue weighted by Crippen LogP contribution is -2.53. The van der Waals surface area contributed by atoms with E-state index in [0.717, 1.165) is 32.2 Å². The van der Waals surface area contributed by atoms with Crippen molar-refractivity contribution in [2.45, 2.75) is 65.5 Å². The molecule has 1 aliphatic heterocycles. The number of likely N-dealkylation sites (N-methyl/N-ethyl adjacent to an activating group) is 1. The van der Waals surface area contributed by atoms with Gasteiger partial charge >= 0.3 is 0 Å². The molecule has 0 radical (unpaired) electrons. The Hall–Kier alpha value is -0.130. The summed E-state index contributed by atoms with van der Waals surface area (Å²) < 4.78 is 26.8. The highest BCUT2D eigenvalue weighted by Crippen LogP contribution is 2.24. The Morgan fingerprint density at radius 1 is 1.26 bits per heavy atom. The predicted octanol–water partition coefficient (Wildman–Crippen LogP) is 2.21. The maximum absolute atomic E-state index is 12.5. The van der Waals surface area contributed by atoms with Crippen molar-refractivity contribution < 1.29 is 8.42 Å². The van der Waals surface area contributed by atoms with Gasteiger partial charge in [-0.1, -0.05) is 27.2 Å². The van der Waals surface area contributed by atoms with E-state index in [0.29, 0.717) is 18.2 Å². The van der Waals surface area contributed by atoms with Crippen molar-refractivity contribution in [3.05, 3.63) is 0 Å². The van der Waals surface area contributed by atoms with Crippen LogP contribution in [0.1, 0.15) is 53.4 Å². The molecule has 2 unspecified atom stereocenters. The van der Waals surface area contributed by atoms with E-state index in [1.165, 1.54) is 0 Å². The first-order valence-corrected chi connectivity index (χ1v) is 9.22. The van der Waals surface area contributed by atoms with Crippen molar-refractivity contribution >= 4 is 10.0 Å². The summed E-state index contributed by atoms with van der Waals surface area (Å²) in [6, 6.07) is 0.366. The van der Waals surface area contributed by atoms with Gasteiger partial charge in [-0.2, -0.15) is 4.31 Å². The normalized spacial score (nSPS) is 23.7. The molecular weight excluding hydrogens is 260 g/mol. The third kappa shape index (κ3) is 5.04. The van der Waals surface area contributed by atoms with Gasteiger partial charge in [-0.15, -0.1) is 0 Å². The minimum atomic E-state index is -3.10. The van der Waals surface area contributed by atoms with E-state index in [1.54, 1.807) is 4.31 Å². The van der Waals surface area contributed by atoms with Gasteiger partial charge < -0.3 is 5.32 Å². The topological polar surface area (TPSA) is 49.4 Å². The minimum Gasteiger partial charge on any atom is -0.313 e. The fraction of sp³-hybridized carbons (Fsp3) is 1.00. The van der Waals surface area contributed by atoms with Crippen molar-refractivity contribution in [1.29, 1.82) is 0 Å². The number of nitrogens with one attached hydrogen (secondary N) is 1. The van der Waals surface area contributed by atoms with Crippen LogP contribution in [0.4, 0.5) is 0 Å². The molecule has 1 saturated heterocycles. The Balaban J connectivity index is 2.75. The lowest BCUT2D eigenvalue weighted by molar-refractivity contribution is 0.209. The zero-order valence-electron chi connectivity index (χ0n) is 12.9. The first-order chi connectivity index (χ1) is 8.88. The van der Waals surface area contributed by atoms with E-state index >= 15 is 0 Å². The van der Waals surface area contributed by atoms with Gasteiger partial charge in [0.2, 0.25) is 10.0 Å². The molecule has 4 nitrogen and oxygen atoms in total. The van der Waals surface area contributed by atoms with Crippen LogP contribution in [-0.4, -0.2) is 43.6 Å². The third-order valence-electron chi connectivity index (χ3n) is 3.91. The van der Waals surface area contributed by atoms with E-state index < -0.39 is 10.0 Å². The lowest BCUT2D eigenvalue weighted by atomic mass is 9.99. The molecule has 1 rings (SSSR count). The quantitative estimate of drug-likeness (QED) is 0.782. The molecule has 2 atom stereocenters. The Bertz CT molecular complexity index is 354. The maximum Gasteiger partial charge on any atom is 0.214 e. The molecule has 5 heteroatoms. The maximum atomic E-state index is 12.5. The second kappa shape index (κ2) is 7.60. The molecule has 0 aromatic carbocycles. The highest BCUT2D eigenvalue weighted by atomic mass is 32.2. The second-order valence-electron chi connectivity index (χ2n) is 6.02. The fourth-order valence-electron chi connectivity index (χ4n) is 2.74. The van der Waals surface area contributed by atoms with Gasteiger partial charge in [-0.05, 0) is 38.6 Å². The van der Waals surface area contributed by atoms with Crippen LogP contribution in [0.15, 0.2) is 0 Å². The van der Waals surface area contributed by atoms with Crippen LogP contribution in [-0.2, 0) is 10.0 Å². The zero-order chi connectivity index (χ0) is 14.5. The highest BCUT2D eigenvalue weighted by molar-refractivity contribution is 7.89. The van der Waals surface area contributed by atoms with Crippen LogP contribution < -0.4 is 5.32 Å². The van der Waals surface area contributed by atoms with Gasteiger partial charge in [0.1, 0.15) is 0 Å². The monoisotopic (exact) mass is 290 g/mol. The first kappa shape index (κ1) is 16.9. The van der Waals surface area contributed by atoms with Gasteiger partial charge in [0.05, 0.1) is 5.75 Å². The van der Waals surface area contributed by atoms with E-state index in [1.807, 2.05) is 0 Å². The summed E-state index contributed by atoms with van der Waals surface area (Å²) >= 11 is 0. The lowest BCUT2D eigenvalue weighted by Gasteiger charge is -2.38. The van der Waals surface area contributed by atoms with Crippen molar-refractivity contribution in [3.63, 3.8) is 0 Å². The molecular formula is C14H30N2O2S. The fourth-order valence-corrected chi connectivity index (χ4v) is 4.85. The summed E-state index contributed by atoms with van der Waals surface area (Å²) in [4.78, 5) is 0. The first-order valence-electron chi connectivity index (χ1n) is 7.61. The van der Waals surface area contributed by atoms with E-state index in [2.05, 4.69) is 33.0 Å². The number of hydrogen-bond acceptors (Lipinski definition) is 3. The van der Waals surface area contributed by atoms with Gasteiger partial charge in [0.15, 0.2) is 0 Å². The average Bonchev–Trinajstić information content (AvgIpc) is 2.37. The van der Waals surface area contributed by atoms with Crippen LogP contribution in [0.25, 0.3) is 0 Å². The van der Waals surface area contributed by atoms with Crippen LogP contribution in [0.3, 0.4) is 0 Å². The van der Waals surface area contributed by atoms with Crippen LogP contribution in [0.2, 0.25) is 0 Å². The summed E-state index contributed by atoms with van der Waals surface area (Å²) in [5, 5.41) is 3.38. The largest absolute Gasteiger partial charge is 0.313 e. The van der Waals surface area contributed by atoms with Crippen molar-refractivity contribution in [2.24, 2.45) is 5.92 Å². The van der Waals surface area contributed by atoms with Gasteiger partial charge in [-0.25, -0.2) is 8.42 Å². The van der Waals surface area contributed by atoms with Gasteiger partial charge in [-0.3, -0.25) is 0 Å². The average molecular weight is 290 g/mol. The third-order valence-corrected chi connectivity index (χ3v) is 5.83. The number of rotatable bonds is 7. The SMILES string of the molecule is CCNC(C)C1CCCCN1S(=O)(=O)CCC(C)C. The molecule has 114 valence electrons. The predicted molar refractivity (Wildman–Crippen MR) is 80.7 cm³/mol. The molecule has 0 spiro atoms. The van der Waals surface area contributed by atoms with Crippen molar-refractivity contribution in [1.82, 2.24) is 9.62 Å². The molecule has 0 aliphatic carbocycles. The molecule has 0 amide bonds. The Morgan fingerprint density at radius 2 is 1.95 bits per heavy atom. The number of piperidine rings is 1. The van der Waals surface area contributed by atoms with E-state index in [4.69, 9.17) is 0 Å². The van der Waals surface area contributed by atoms with E-state index in [-0.39, 0.29) is 12.1 Å². The summed E-state index contributed by atoms with van der Waals surface area (Å²) in [6.07, 6.45) is 3.86. The molecule has 1 fully saturated rings. The molecule has 1 aliphatic rings. The Morgan fingerprint density at radius 3 is 2.53 bits per heavy atom. The number of hydrogen-bond donors (Lipinski definition) is 1. The summed E-state index contributed by atoms with van der Waals surface area (Å²) in [7, 11) is -3.10. The molecule has 0 bridgehead atoms. The van der Waals surface area contributed by atoms with E-state index in [9.17, 15) is 8.42 Å². The molecule has 19 heavy (non-hydrogen) atoms. The summed E-state index contributed by atoms with van der Waals surface area (Å²) in [6.45, 7) is 9.90. The second-order valence-corrected chi connectivity index (χ2v) is 8.06. The number of nitrogens with zero attached hydrogens (tertiary/aromatic N) is 1. The van der Waals surface area contributed by atoms with Crippen LogP contribution in [0, 0.1) is 5.92 Å². The minimum absolute atomic E-state index is 0.130. The van der Waals surface area contributed by atoms with Crippen molar-refractivity contribution in [2.75, 3.05) is 18.8 Å². The summed E-state index contributed by atoms with van der Waals surface area (Å²) in [5.74, 6) is 0.726. The van der Waals surface area contributed by atoms with Crippen LogP contribution >= 0.6 is 0 Å². The van der Waals surface area contributed by atoms with Gasteiger partial charge in [0.25, 0.3) is 0 Å².